The quantitative estimate of drug-likeness (QED) is 0.435. The lowest BCUT2D eigenvalue weighted by molar-refractivity contribution is 0.0747. The summed E-state index contributed by atoms with van der Waals surface area (Å²) in [6, 6.07) is 16.6. The zero-order valence-electron chi connectivity index (χ0n) is 17.8. The number of carbonyl (C=O) groups is 1. The largest absolute Gasteiger partial charge is 0.493 e. The molecule has 8 heteroatoms. The second-order valence-corrected chi connectivity index (χ2v) is 8.15. The Hall–Kier alpha value is -3.65. The number of ether oxygens (including phenoxy) is 2. The van der Waals surface area contributed by atoms with E-state index in [2.05, 4.69) is 10.2 Å². The van der Waals surface area contributed by atoms with Crippen LogP contribution in [0.2, 0.25) is 0 Å². The molecule has 4 rings (SSSR count). The number of benzene rings is 2. The average Bonchev–Trinajstić information content (AvgIpc) is 3.35. The van der Waals surface area contributed by atoms with Crippen molar-refractivity contribution in [2.45, 2.75) is 20.1 Å². The monoisotopic (exact) mass is 449 g/mol. The first kappa shape index (κ1) is 21.6. The molecule has 4 aromatic rings. The number of aromatic nitrogens is 2. The van der Waals surface area contributed by atoms with Crippen molar-refractivity contribution in [2.75, 3.05) is 13.7 Å². The molecule has 0 spiro atoms. The van der Waals surface area contributed by atoms with Gasteiger partial charge in [0.2, 0.25) is 0 Å². The number of nitrogens with zero attached hydrogens (tertiary/aromatic N) is 2. The van der Waals surface area contributed by atoms with E-state index in [4.69, 9.17) is 9.47 Å². The maximum absolute atomic E-state index is 13.2. The van der Waals surface area contributed by atoms with Gasteiger partial charge < -0.3 is 14.4 Å². The number of nitrogens with one attached hydrogen (secondary N) is 1. The van der Waals surface area contributed by atoms with Gasteiger partial charge >= 0.3 is 0 Å². The van der Waals surface area contributed by atoms with E-state index in [1.54, 1.807) is 47.6 Å². The second kappa shape index (κ2) is 9.65. The Morgan fingerprint density at radius 3 is 2.62 bits per heavy atom. The second-order valence-electron chi connectivity index (χ2n) is 7.12. The van der Waals surface area contributed by atoms with Gasteiger partial charge in [0.15, 0.2) is 17.2 Å². The minimum Gasteiger partial charge on any atom is -0.493 e. The molecule has 0 unspecified atom stereocenters. The van der Waals surface area contributed by atoms with Gasteiger partial charge in [0.05, 0.1) is 12.5 Å². The zero-order valence-corrected chi connectivity index (χ0v) is 18.6. The van der Waals surface area contributed by atoms with E-state index in [0.717, 1.165) is 10.4 Å². The van der Waals surface area contributed by atoms with Crippen LogP contribution in [0, 0.1) is 0 Å². The van der Waals surface area contributed by atoms with E-state index in [0.29, 0.717) is 42.0 Å². The maximum atomic E-state index is 13.2. The van der Waals surface area contributed by atoms with Gasteiger partial charge in [-0.25, -0.2) is 5.10 Å². The molecule has 1 N–H and O–H groups in total. The van der Waals surface area contributed by atoms with Gasteiger partial charge in [0, 0.05) is 23.4 Å². The highest BCUT2D eigenvalue weighted by Gasteiger charge is 2.20. The molecular formula is C24H23N3O4S. The standard InChI is InChI=1S/C24H23N3O4S/c1-3-27(24(29)22-18-8-4-5-9-19(18)23(28)26-25-22)14-16-10-11-20(21(13-16)30-2)31-15-17-7-6-12-32-17/h4-13H,3,14-15H2,1-2H3,(H,26,28). The number of hydrogen-bond donors (Lipinski definition) is 1. The first-order chi connectivity index (χ1) is 15.6. The summed E-state index contributed by atoms with van der Waals surface area (Å²) in [5, 5.41) is 9.46. The fourth-order valence-electron chi connectivity index (χ4n) is 3.45. The summed E-state index contributed by atoms with van der Waals surface area (Å²) < 4.78 is 11.4. The van der Waals surface area contributed by atoms with E-state index in [1.807, 2.05) is 42.6 Å². The third-order valence-corrected chi connectivity index (χ3v) is 5.97. The maximum Gasteiger partial charge on any atom is 0.275 e. The predicted molar refractivity (Wildman–Crippen MR) is 124 cm³/mol. The molecule has 7 nitrogen and oxygen atoms in total. The van der Waals surface area contributed by atoms with Crippen LogP contribution in [-0.2, 0) is 13.2 Å². The molecule has 0 bridgehead atoms. The van der Waals surface area contributed by atoms with Crippen molar-refractivity contribution in [1.29, 1.82) is 0 Å². The molecule has 0 atom stereocenters. The minimum atomic E-state index is -0.317. The Labute approximate surface area is 189 Å². The summed E-state index contributed by atoms with van der Waals surface area (Å²) >= 11 is 1.63. The molecular weight excluding hydrogens is 426 g/mol. The van der Waals surface area contributed by atoms with E-state index in [9.17, 15) is 9.59 Å². The molecule has 32 heavy (non-hydrogen) atoms. The van der Waals surface area contributed by atoms with E-state index in [-0.39, 0.29) is 17.2 Å². The summed E-state index contributed by atoms with van der Waals surface area (Å²) in [6.45, 7) is 3.22. The average molecular weight is 450 g/mol. The number of methoxy groups -OCH3 is 1. The minimum absolute atomic E-state index is 0.227. The number of thiophene rings is 1. The van der Waals surface area contributed by atoms with Crippen molar-refractivity contribution in [2.24, 2.45) is 0 Å². The Balaban J connectivity index is 1.55. The molecule has 1 amide bonds. The lowest BCUT2D eigenvalue weighted by atomic mass is 10.1. The fourth-order valence-corrected chi connectivity index (χ4v) is 4.06. The van der Waals surface area contributed by atoms with Gasteiger partial charge in [-0.3, -0.25) is 9.59 Å². The number of carbonyl (C=O) groups excluding carboxylic acids is 1. The van der Waals surface area contributed by atoms with Gasteiger partial charge in [0.25, 0.3) is 11.5 Å². The molecule has 0 aliphatic carbocycles. The highest BCUT2D eigenvalue weighted by Crippen LogP contribution is 2.30. The van der Waals surface area contributed by atoms with Crippen LogP contribution in [0.15, 0.2) is 64.8 Å². The first-order valence-electron chi connectivity index (χ1n) is 10.2. The molecule has 2 aromatic carbocycles. The Morgan fingerprint density at radius 1 is 1.09 bits per heavy atom. The lowest BCUT2D eigenvalue weighted by Gasteiger charge is -2.22. The van der Waals surface area contributed by atoms with Gasteiger partial charge in [-0.2, -0.15) is 5.10 Å². The molecule has 0 aliphatic heterocycles. The fraction of sp³-hybridized carbons (Fsp3) is 0.208. The van der Waals surface area contributed by atoms with E-state index < -0.39 is 0 Å². The van der Waals surface area contributed by atoms with Crippen LogP contribution in [0.5, 0.6) is 11.5 Å². The van der Waals surface area contributed by atoms with Crippen LogP contribution < -0.4 is 15.0 Å². The van der Waals surface area contributed by atoms with Crippen LogP contribution in [0.4, 0.5) is 0 Å². The summed E-state index contributed by atoms with van der Waals surface area (Å²) in [7, 11) is 1.59. The summed E-state index contributed by atoms with van der Waals surface area (Å²) in [5.41, 5.74) is 0.808. The van der Waals surface area contributed by atoms with E-state index >= 15 is 0 Å². The molecule has 0 saturated heterocycles. The van der Waals surface area contributed by atoms with Crippen molar-refractivity contribution < 1.29 is 14.3 Å². The molecule has 0 saturated carbocycles. The smallest absolute Gasteiger partial charge is 0.275 e. The third-order valence-electron chi connectivity index (χ3n) is 5.12. The number of fused-ring (bicyclic) bond motifs is 1. The number of H-pyrrole nitrogens is 1. The number of amides is 1. The van der Waals surface area contributed by atoms with Gasteiger partial charge in [-0.1, -0.05) is 30.3 Å². The van der Waals surface area contributed by atoms with Crippen LogP contribution >= 0.6 is 11.3 Å². The van der Waals surface area contributed by atoms with Crippen LogP contribution in [0.1, 0.15) is 27.9 Å². The van der Waals surface area contributed by atoms with Crippen LogP contribution in [0.25, 0.3) is 10.8 Å². The first-order valence-corrected chi connectivity index (χ1v) is 11.1. The Bertz CT molecular complexity index is 1280. The highest BCUT2D eigenvalue weighted by atomic mass is 32.1. The lowest BCUT2D eigenvalue weighted by Crippen LogP contribution is -2.32. The van der Waals surface area contributed by atoms with Crippen molar-refractivity contribution in [3.05, 3.63) is 86.5 Å². The Morgan fingerprint density at radius 2 is 1.91 bits per heavy atom. The van der Waals surface area contributed by atoms with Gasteiger partial charge in [-0.15, -0.1) is 11.3 Å². The summed E-state index contributed by atoms with van der Waals surface area (Å²) in [5.74, 6) is 0.999. The van der Waals surface area contributed by atoms with E-state index in [1.165, 1.54) is 0 Å². The molecule has 0 fully saturated rings. The molecule has 2 heterocycles. The Kier molecular flexibility index (Phi) is 6.51. The van der Waals surface area contributed by atoms with Gasteiger partial charge in [-0.05, 0) is 42.1 Å². The predicted octanol–water partition coefficient (Wildman–Crippen LogP) is 4.23. The number of rotatable bonds is 8. The SMILES string of the molecule is CCN(Cc1ccc(OCc2cccs2)c(OC)c1)C(=O)c1n[nH]c(=O)c2ccccc12. The molecule has 0 radical (unpaired) electrons. The van der Waals surface area contributed by atoms with Crippen LogP contribution in [0.3, 0.4) is 0 Å². The summed E-state index contributed by atoms with van der Waals surface area (Å²) in [4.78, 5) is 28.1. The van der Waals surface area contributed by atoms with Crippen molar-refractivity contribution >= 4 is 28.0 Å². The summed E-state index contributed by atoms with van der Waals surface area (Å²) in [6.07, 6.45) is 0. The molecule has 2 aromatic heterocycles. The molecule has 164 valence electrons. The van der Waals surface area contributed by atoms with Crippen molar-refractivity contribution in [3.63, 3.8) is 0 Å². The number of hydrogen-bond acceptors (Lipinski definition) is 6. The van der Waals surface area contributed by atoms with Crippen LogP contribution in [-0.4, -0.2) is 34.7 Å². The zero-order chi connectivity index (χ0) is 22.5. The van der Waals surface area contributed by atoms with Crippen molar-refractivity contribution in [1.82, 2.24) is 15.1 Å². The van der Waals surface area contributed by atoms with Crippen molar-refractivity contribution in [3.8, 4) is 11.5 Å². The normalized spacial score (nSPS) is 10.8. The number of aromatic amines is 1. The van der Waals surface area contributed by atoms with Gasteiger partial charge in [0.1, 0.15) is 6.61 Å². The third kappa shape index (κ3) is 4.50. The molecule has 0 aliphatic rings. The highest BCUT2D eigenvalue weighted by molar-refractivity contribution is 7.09. The topological polar surface area (TPSA) is 84.5 Å².